The van der Waals surface area contributed by atoms with Gasteiger partial charge in [-0.1, -0.05) is 17.7 Å². The van der Waals surface area contributed by atoms with Crippen LogP contribution in [0.25, 0.3) is 0 Å². The minimum absolute atomic E-state index is 0.111. The number of hydrogen-bond donors (Lipinski definition) is 1. The molecule has 19 heavy (non-hydrogen) atoms. The van der Waals surface area contributed by atoms with Crippen molar-refractivity contribution in [3.63, 3.8) is 0 Å². The predicted octanol–water partition coefficient (Wildman–Crippen LogP) is 2.41. The van der Waals surface area contributed by atoms with Crippen LogP contribution in [0.3, 0.4) is 0 Å². The van der Waals surface area contributed by atoms with Crippen molar-refractivity contribution in [2.45, 2.75) is 25.5 Å². The Morgan fingerprint density at radius 3 is 2.84 bits per heavy atom. The molecular formula is C14H18ClN3O. The molecule has 0 saturated carbocycles. The highest BCUT2D eigenvalue weighted by atomic mass is 35.5. The SMILES string of the molecule is CC(Oc1cccc(Cl)c1)C(N)Cc1ccn(C)n1. The first-order chi connectivity index (χ1) is 9.04. The molecular weight excluding hydrogens is 262 g/mol. The molecule has 0 aliphatic rings. The van der Waals surface area contributed by atoms with Crippen LogP contribution in [0.2, 0.25) is 5.02 Å². The summed E-state index contributed by atoms with van der Waals surface area (Å²) in [6, 6.07) is 9.17. The molecule has 1 aromatic carbocycles. The van der Waals surface area contributed by atoms with Crippen molar-refractivity contribution in [3.05, 3.63) is 47.2 Å². The second-order valence-electron chi connectivity index (χ2n) is 4.63. The van der Waals surface area contributed by atoms with Gasteiger partial charge in [0.1, 0.15) is 11.9 Å². The van der Waals surface area contributed by atoms with Crippen LogP contribution in [0.4, 0.5) is 0 Å². The fraction of sp³-hybridized carbons (Fsp3) is 0.357. The van der Waals surface area contributed by atoms with Gasteiger partial charge in [0.25, 0.3) is 0 Å². The number of ether oxygens (including phenoxy) is 1. The van der Waals surface area contributed by atoms with Crippen molar-refractivity contribution in [3.8, 4) is 5.75 Å². The first kappa shape index (κ1) is 13.9. The molecule has 0 spiro atoms. The number of nitrogens with two attached hydrogens (primary N) is 1. The maximum absolute atomic E-state index is 6.14. The molecule has 2 unspecified atom stereocenters. The third-order valence-electron chi connectivity index (χ3n) is 2.93. The molecule has 1 aromatic heterocycles. The Morgan fingerprint density at radius 2 is 2.21 bits per heavy atom. The van der Waals surface area contributed by atoms with Crippen LogP contribution in [-0.4, -0.2) is 21.9 Å². The summed E-state index contributed by atoms with van der Waals surface area (Å²) in [6.07, 6.45) is 2.48. The van der Waals surface area contributed by atoms with Gasteiger partial charge in [-0.3, -0.25) is 4.68 Å². The van der Waals surface area contributed by atoms with Gasteiger partial charge in [0.05, 0.1) is 5.69 Å². The van der Waals surface area contributed by atoms with Crippen molar-refractivity contribution in [2.24, 2.45) is 12.8 Å². The van der Waals surface area contributed by atoms with E-state index >= 15 is 0 Å². The predicted molar refractivity (Wildman–Crippen MR) is 76.4 cm³/mol. The molecule has 0 saturated heterocycles. The summed E-state index contributed by atoms with van der Waals surface area (Å²) in [6.45, 7) is 1.95. The molecule has 0 aliphatic carbocycles. The van der Waals surface area contributed by atoms with E-state index in [0.717, 1.165) is 11.4 Å². The van der Waals surface area contributed by atoms with Crippen LogP contribution < -0.4 is 10.5 Å². The van der Waals surface area contributed by atoms with Gasteiger partial charge in [-0.2, -0.15) is 5.10 Å². The average Bonchev–Trinajstić information content (AvgIpc) is 2.74. The minimum Gasteiger partial charge on any atom is -0.489 e. The van der Waals surface area contributed by atoms with Gasteiger partial charge >= 0.3 is 0 Å². The Morgan fingerprint density at radius 1 is 1.42 bits per heavy atom. The van der Waals surface area contributed by atoms with E-state index in [1.807, 2.05) is 44.4 Å². The molecule has 0 aliphatic heterocycles. The summed E-state index contributed by atoms with van der Waals surface area (Å²) in [5, 5.41) is 4.97. The number of benzene rings is 1. The van der Waals surface area contributed by atoms with E-state index < -0.39 is 0 Å². The smallest absolute Gasteiger partial charge is 0.121 e. The van der Waals surface area contributed by atoms with E-state index in [0.29, 0.717) is 11.4 Å². The Balaban J connectivity index is 1.93. The second-order valence-corrected chi connectivity index (χ2v) is 5.07. The Bertz CT molecular complexity index is 541. The van der Waals surface area contributed by atoms with Gasteiger partial charge in [-0.05, 0) is 31.2 Å². The normalized spacial score (nSPS) is 14.1. The zero-order valence-electron chi connectivity index (χ0n) is 11.1. The zero-order chi connectivity index (χ0) is 13.8. The number of hydrogen-bond acceptors (Lipinski definition) is 3. The standard InChI is InChI=1S/C14H18ClN3O/c1-10(19-13-5-3-4-11(15)8-13)14(16)9-12-6-7-18(2)17-12/h3-8,10,14H,9,16H2,1-2H3. The highest BCUT2D eigenvalue weighted by molar-refractivity contribution is 6.30. The molecule has 0 bridgehead atoms. The summed E-state index contributed by atoms with van der Waals surface area (Å²) < 4.78 is 7.56. The van der Waals surface area contributed by atoms with E-state index in [4.69, 9.17) is 22.1 Å². The molecule has 2 rings (SSSR count). The fourth-order valence-corrected chi connectivity index (χ4v) is 2.00. The van der Waals surface area contributed by atoms with Gasteiger partial charge in [-0.25, -0.2) is 0 Å². The van der Waals surface area contributed by atoms with Crippen molar-refractivity contribution in [1.29, 1.82) is 0 Å². The van der Waals surface area contributed by atoms with Gasteiger partial charge in [0, 0.05) is 30.7 Å². The monoisotopic (exact) mass is 279 g/mol. The van der Waals surface area contributed by atoms with E-state index in [1.165, 1.54) is 0 Å². The third-order valence-corrected chi connectivity index (χ3v) is 3.17. The number of nitrogens with zero attached hydrogens (tertiary/aromatic N) is 2. The maximum atomic E-state index is 6.14. The molecule has 2 atom stereocenters. The Labute approximate surface area is 118 Å². The van der Waals surface area contributed by atoms with Crippen LogP contribution in [0, 0.1) is 0 Å². The molecule has 102 valence electrons. The van der Waals surface area contributed by atoms with Crippen molar-refractivity contribution >= 4 is 11.6 Å². The van der Waals surface area contributed by atoms with E-state index in [-0.39, 0.29) is 12.1 Å². The third kappa shape index (κ3) is 3.98. The molecule has 2 aromatic rings. The molecule has 1 heterocycles. The largest absolute Gasteiger partial charge is 0.489 e. The first-order valence-electron chi connectivity index (χ1n) is 6.21. The maximum Gasteiger partial charge on any atom is 0.121 e. The number of halogens is 1. The van der Waals surface area contributed by atoms with Crippen molar-refractivity contribution in [2.75, 3.05) is 0 Å². The number of aromatic nitrogens is 2. The second kappa shape index (κ2) is 6.08. The van der Waals surface area contributed by atoms with E-state index in [2.05, 4.69) is 5.10 Å². The van der Waals surface area contributed by atoms with Crippen LogP contribution >= 0.6 is 11.6 Å². The zero-order valence-corrected chi connectivity index (χ0v) is 11.8. The van der Waals surface area contributed by atoms with Crippen molar-refractivity contribution in [1.82, 2.24) is 9.78 Å². The van der Waals surface area contributed by atoms with E-state index in [9.17, 15) is 0 Å². The Hall–Kier alpha value is -1.52. The lowest BCUT2D eigenvalue weighted by Crippen LogP contribution is -2.38. The number of rotatable bonds is 5. The van der Waals surface area contributed by atoms with Gasteiger partial charge in [-0.15, -0.1) is 0 Å². The van der Waals surface area contributed by atoms with E-state index in [1.54, 1.807) is 10.7 Å². The summed E-state index contributed by atoms with van der Waals surface area (Å²) in [5.41, 5.74) is 7.11. The summed E-state index contributed by atoms with van der Waals surface area (Å²) in [5.74, 6) is 0.733. The summed E-state index contributed by atoms with van der Waals surface area (Å²) >= 11 is 5.92. The highest BCUT2D eigenvalue weighted by Gasteiger charge is 2.16. The fourth-order valence-electron chi connectivity index (χ4n) is 1.82. The topological polar surface area (TPSA) is 53.1 Å². The van der Waals surface area contributed by atoms with Crippen LogP contribution in [0.1, 0.15) is 12.6 Å². The minimum atomic E-state index is -0.117. The van der Waals surface area contributed by atoms with Gasteiger partial charge < -0.3 is 10.5 Å². The first-order valence-corrected chi connectivity index (χ1v) is 6.58. The van der Waals surface area contributed by atoms with Crippen LogP contribution in [0.15, 0.2) is 36.5 Å². The molecule has 0 amide bonds. The molecule has 5 heteroatoms. The Kier molecular flexibility index (Phi) is 4.45. The van der Waals surface area contributed by atoms with Crippen LogP contribution in [-0.2, 0) is 13.5 Å². The number of aryl methyl sites for hydroxylation is 1. The lowest BCUT2D eigenvalue weighted by atomic mass is 10.1. The lowest BCUT2D eigenvalue weighted by Gasteiger charge is -2.21. The molecule has 4 nitrogen and oxygen atoms in total. The van der Waals surface area contributed by atoms with Gasteiger partial charge in [0.2, 0.25) is 0 Å². The quantitative estimate of drug-likeness (QED) is 0.914. The van der Waals surface area contributed by atoms with Crippen molar-refractivity contribution < 1.29 is 4.74 Å². The molecule has 2 N–H and O–H groups in total. The summed E-state index contributed by atoms with van der Waals surface area (Å²) in [4.78, 5) is 0. The molecule has 0 fully saturated rings. The van der Waals surface area contributed by atoms with Gasteiger partial charge in [0.15, 0.2) is 0 Å². The lowest BCUT2D eigenvalue weighted by molar-refractivity contribution is 0.188. The highest BCUT2D eigenvalue weighted by Crippen LogP contribution is 2.19. The molecule has 0 radical (unpaired) electrons. The van der Waals surface area contributed by atoms with Crippen LogP contribution in [0.5, 0.6) is 5.75 Å². The average molecular weight is 280 g/mol. The summed E-state index contributed by atoms with van der Waals surface area (Å²) in [7, 11) is 1.89.